The van der Waals surface area contributed by atoms with Crippen LogP contribution < -0.4 is 5.73 Å². The molecule has 2 rings (SSSR count). The zero-order valence-corrected chi connectivity index (χ0v) is 11.9. The molecule has 1 atom stereocenters. The van der Waals surface area contributed by atoms with Crippen LogP contribution in [0.3, 0.4) is 0 Å². The molecule has 1 aromatic carbocycles. The van der Waals surface area contributed by atoms with Gasteiger partial charge in [-0.3, -0.25) is 0 Å². The second kappa shape index (κ2) is 5.68. The summed E-state index contributed by atoms with van der Waals surface area (Å²) in [7, 11) is 0. The first-order valence-electron chi connectivity index (χ1n) is 6.34. The number of aliphatic hydroxyl groups excluding tert-OH is 1. The van der Waals surface area contributed by atoms with E-state index in [1.807, 2.05) is 6.07 Å². The van der Waals surface area contributed by atoms with Gasteiger partial charge in [0.2, 0.25) is 0 Å². The Bertz CT molecular complexity index is 416. The maximum atomic E-state index is 13.5. The Morgan fingerprint density at radius 3 is 2.72 bits per heavy atom. The molecule has 1 unspecified atom stereocenters. The third-order valence-electron chi connectivity index (χ3n) is 3.78. The molecule has 0 radical (unpaired) electrons. The highest BCUT2D eigenvalue weighted by Crippen LogP contribution is 2.42. The Hall–Kier alpha value is -0.450. The number of aliphatic hydroxyl groups is 1. The summed E-state index contributed by atoms with van der Waals surface area (Å²) in [5.41, 5.74) is 6.44. The molecule has 0 amide bonds. The first kappa shape index (κ1) is 14.0. The van der Waals surface area contributed by atoms with E-state index in [0.29, 0.717) is 23.4 Å². The fraction of sp³-hybridized carbons (Fsp3) is 0.571. The molecule has 1 saturated carbocycles. The topological polar surface area (TPSA) is 46.2 Å². The maximum absolute atomic E-state index is 13.5. The summed E-state index contributed by atoms with van der Waals surface area (Å²) in [6.45, 7) is 0.492. The lowest BCUT2D eigenvalue weighted by atomic mass is 9.78. The SMILES string of the molecule is NCC(CO)(Cc1cccc(F)c1Br)CC1CC1. The number of benzene rings is 1. The van der Waals surface area contributed by atoms with Gasteiger partial charge in [-0.1, -0.05) is 25.0 Å². The van der Waals surface area contributed by atoms with E-state index in [-0.39, 0.29) is 17.8 Å². The number of nitrogens with two attached hydrogens (primary N) is 1. The van der Waals surface area contributed by atoms with Crippen LogP contribution in [-0.2, 0) is 6.42 Å². The van der Waals surface area contributed by atoms with E-state index in [4.69, 9.17) is 5.73 Å². The Labute approximate surface area is 116 Å². The molecule has 0 aliphatic heterocycles. The van der Waals surface area contributed by atoms with Gasteiger partial charge in [0.1, 0.15) is 5.82 Å². The van der Waals surface area contributed by atoms with E-state index in [1.165, 1.54) is 18.9 Å². The average Bonchev–Trinajstić information content (AvgIpc) is 3.18. The number of hydrogen-bond acceptors (Lipinski definition) is 2. The van der Waals surface area contributed by atoms with Gasteiger partial charge < -0.3 is 10.8 Å². The second-order valence-electron chi connectivity index (χ2n) is 5.40. The van der Waals surface area contributed by atoms with Crippen molar-refractivity contribution in [3.8, 4) is 0 Å². The third-order valence-corrected chi connectivity index (χ3v) is 4.67. The average molecular weight is 316 g/mol. The largest absolute Gasteiger partial charge is 0.396 e. The molecule has 1 aromatic rings. The van der Waals surface area contributed by atoms with Crippen LogP contribution in [0.4, 0.5) is 4.39 Å². The van der Waals surface area contributed by atoms with Crippen molar-refractivity contribution in [2.24, 2.45) is 17.1 Å². The first-order chi connectivity index (χ1) is 8.60. The molecule has 2 nitrogen and oxygen atoms in total. The maximum Gasteiger partial charge on any atom is 0.137 e. The minimum Gasteiger partial charge on any atom is -0.396 e. The predicted octanol–water partition coefficient (Wildman–Crippen LogP) is 2.87. The molecule has 1 aliphatic carbocycles. The highest BCUT2D eigenvalue weighted by molar-refractivity contribution is 9.10. The molecule has 0 saturated heterocycles. The van der Waals surface area contributed by atoms with E-state index in [9.17, 15) is 9.50 Å². The zero-order valence-electron chi connectivity index (χ0n) is 10.3. The highest BCUT2D eigenvalue weighted by Gasteiger charge is 2.36. The number of halogens is 2. The molecule has 4 heteroatoms. The van der Waals surface area contributed by atoms with Crippen molar-refractivity contribution in [2.75, 3.05) is 13.2 Å². The first-order valence-corrected chi connectivity index (χ1v) is 7.13. The van der Waals surface area contributed by atoms with Gasteiger partial charge in [-0.15, -0.1) is 0 Å². The molecule has 3 N–H and O–H groups in total. The molecule has 0 heterocycles. The van der Waals surface area contributed by atoms with Crippen LogP contribution >= 0.6 is 15.9 Å². The van der Waals surface area contributed by atoms with Gasteiger partial charge in [0.15, 0.2) is 0 Å². The number of hydrogen-bond donors (Lipinski definition) is 2. The monoisotopic (exact) mass is 315 g/mol. The van der Waals surface area contributed by atoms with Crippen LogP contribution in [0, 0.1) is 17.2 Å². The van der Waals surface area contributed by atoms with E-state index in [1.54, 1.807) is 6.07 Å². The van der Waals surface area contributed by atoms with E-state index in [2.05, 4.69) is 15.9 Å². The summed E-state index contributed by atoms with van der Waals surface area (Å²) in [5.74, 6) is 0.427. The zero-order chi connectivity index (χ0) is 13.2. The minimum atomic E-state index is -0.308. The molecule has 1 aliphatic rings. The lowest BCUT2D eigenvalue weighted by molar-refractivity contribution is 0.115. The molecule has 0 bridgehead atoms. The van der Waals surface area contributed by atoms with Crippen molar-refractivity contribution in [2.45, 2.75) is 25.7 Å². The molecular weight excluding hydrogens is 297 g/mol. The molecule has 0 aromatic heterocycles. The molecule has 18 heavy (non-hydrogen) atoms. The number of rotatable bonds is 6. The fourth-order valence-electron chi connectivity index (χ4n) is 2.44. The quantitative estimate of drug-likeness (QED) is 0.848. The Balaban J connectivity index is 2.19. The Kier molecular flexibility index (Phi) is 4.41. The normalized spacial score (nSPS) is 18.7. The fourth-order valence-corrected chi connectivity index (χ4v) is 2.84. The lowest BCUT2D eigenvalue weighted by Crippen LogP contribution is -2.37. The van der Waals surface area contributed by atoms with Crippen molar-refractivity contribution in [1.29, 1.82) is 0 Å². The van der Waals surface area contributed by atoms with Crippen molar-refractivity contribution >= 4 is 15.9 Å². The van der Waals surface area contributed by atoms with Crippen LogP contribution in [0.15, 0.2) is 22.7 Å². The summed E-state index contributed by atoms with van der Waals surface area (Å²) in [5, 5.41) is 9.69. The summed E-state index contributed by atoms with van der Waals surface area (Å²) >= 11 is 3.28. The summed E-state index contributed by atoms with van der Waals surface area (Å²) < 4.78 is 14.0. The van der Waals surface area contributed by atoms with Gasteiger partial charge in [-0.25, -0.2) is 4.39 Å². The molecule has 100 valence electrons. The van der Waals surface area contributed by atoms with Crippen LogP contribution in [0.1, 0.15) is 24.8 Å². The van der Waals surface area contributed by atoms with Gasteiger partial charge in [0.05, 0.1) is 11.1 Å². The smallest absolute Gasteiger partial charge is 0.137 e. The summed E-state index contributed by atoms with van der Waals surface area (Å²) in [6.07, 6.45) is 4.01. The molecule has 1 fully saturated rings. The van der Waals surface area contributed by atoms with E-state index in [0.717, 1.165) is 12.0 Å². The molecular formula is C14H19BrFNO. The summed E-state index contributed by atoms with van der Waals surface area (Å²) in [4.78, 5) is 0. The summed E-state index contributed by atoms with van der Waals surface area (Å²) in [6, 6.07) is 5.02. The Morgan fingerprint density at radius 1 is 1.44 bits per heavy atom. The predicted molar refractivity (Wildman–Crippen MR) is 73.7 cm³/mol. The Morgan fingerprint density at radius 2 is 2.17 bits per heavy atom. The second-order valence-corrected chi connectivity index (χ2v) is 6.19. The van der Waals surface area contributed by atoms with Crippen LogP contribution in [0.2, 0.25) is 0 Å². The minimum absolute atomic E-state index is 0.0585. The van der Waals surface area contributed by atoms with Crippen molar-refractivity contribution in [3.63, 3.8) is 0 Å². The van der Waals surface area contributed by atoms with E-state index < -0.39 is 0 Å². The van der Waals surface area contributed by atoms with Gasteiger partial charge in [-0.05, 0) is 46.3 Å². The van der Waals surface area contributed by atoms with Crippen LogP contribution in [-0.4, -0.2) is 18.3 Å². The van der Waals surface area contributed by atoms with Crippen LogP contribution in [0.5, 0.6) is 0 Å². The van der Waals surface area contributed by atoms with Gasteiger partial charge in [-0.2, -0.15) is 0 Å². The third kappa shape index (κ3) is 3.11. The lowest BCUT2D eigenvalue weighted by Gasteiger charge is -2.31. The van der Waals surface area contributed by atoms with Crippen molar-refractivity contribution in [3.05, 3.63) is 34.1 Å². The molecule has 0 spiro atoms. The van der Waals surface area contributed by atoms with E-state index >= 15 is 0 Å². The van der Waals surface area contributed by atoms with Gasteiger partial charge >= 0.3 is 0 Å². The standard InChI is InChI=1S/C14H19BrFNO/c15-13-11(2-1-3-12(13)16)7-14(8-17,9-18)6-10-4-5-10/h1-3,10,18H,4-9,17H2. The van der Waals surface area contributed by atoms with Gasteiger partial charge in [0.25, 0.3) is 0 Å². The van der Waals surface area contributed by atoms with Crippen molar-refractivity contribution in [1.82, 2.24) is 0 Å². The van der Waals surface area contributed by atoms with Crippen LogP contribution in [0.25, 0.3) is 0 Å². The highest BCUT2D eigenvalue weighted by atomic mass is 79.9. The van der Waals surface area contributed by atoms with Gasteiger partial charge in [0, 0.05) is 12.0 Å². The van der Waals surface area contributed by atoms with Crippen molar-refractivity contribution < 1.29 is 9.50 Å².